The lowest BCUT2D eigenvalue weighted by atomic mass is 9.81. The molecular weight excluding hydrogens is 266 g/mol. The van der Waals surface area contributed by atoms with Gasteiger partial charge in [0.25, 0.3) is 0 Å². The largest absolute Gasteiger partial charge is 0.351 e. The number of nitrogens with zero attached hydrogens (tertiary/aromatic N) is 1. The van der Waals surface area contributed by atoms with Crippen LogP contribution >= 0.6 is 12.4 Å². The van der Waals surface area contributed by atoms with Crippen LogP contribution in [0.15, 0.2) is 0 Å². The quantitative estimate of drug-likeness (QED) is 0.790. The zero-order chi connectivity index (χ0) is 13.8. The second-order valence-electron chi connectivity index (χ2n) is 5.12. The molecule has 3 N–H and O–H groups in total. The van der Waals surface area contributed by atoms with Crippen LogP contribution in [0, 0.1) is 5.41 Å². The fraction of sp³-hybridized carbons (Fsp3) is 0.846. The van der Waals surface area contributed by atoms with E-state index in [4.69, 9.17) is 5.73 Å². The van der Waals surface area contributed by atoms with Crippen molar-refractivity contribution in [2.45, 2.75) is 46.1 Å². The Hall–Kier alpha value is -0.810. The molecule has 0 aliphatic carbocycles. The van der Waals surface area contributed by atoms with Crippen LogP contribution in [0.4, 0.5) is 0 Å². The number of carbonyl (C=O) groups excluding carboxylic acids is 2. The second kappa shape index (κ2) is 7.70. The molecule has 0 spiro atoms. The van der Waals surface area contributed by atoms with Crippen molar-refractivity contribution in [3.63, 3.8) is 0 Å². The zero-order valence-corrected chi connectivity index (χ0v) is 12.9. The van der Waals surface area contributed by atoms with E-state index in [1.807, 2.05) is 13.8 Å². The Morgan fingerprint density at radius 2 is 1.95 bits per heavy atom. The average molecular weight is 292 g/mol. The highest BCUT2D eigenvalue weighted by Crippen LogP contribution is 2.25. The van der Waals surface area contributed by atoms with Gasteiger partial charge in [0.05, 0.1) is 5.41 Å². The van der Waals surface area contributed by atoms with Gasteiger partial charge in [0.1, 0.15) is 0 Å². The lowest BCUT2D eigenvalue weighted by Crippen LogP contribution is -2.49. The molecule has 1 heterocycles. The maximum absolute atomic E-state index is 12.3. The lowest BCUT2D eigenvalue weighted by Gasteiger charge is -2.30. The third-order valence-electron chi connectivity index (χ3n) is 4.19. The van der Waals surface area contributed by atoms with Gasteiger partial charge in [0.2, 0.25) is 11.8 Å². The summed E-state index contributed by atoms with van der Waals surface area (Å²) in [5.41, 5.74) is 5.30. The van der Waals surface area contributed by atoms with Crippen LogP contribution < -0.4 is 11.1 Å². The molecule has 0 radical (unpaired) electrons. The summed E-state index contributed by atoms with van der Waals surface area (Å²) in [6, 6.07) is 0.0745. The van der Waals surface area contributed by atoms with Gasteiger partial charge in [-0.1, -0.05) is 13.8 Å². The third-order valence-corrected chi connectivity index (χ3v) is 4.19. The number of likely N-dealkylation sites (tertiary alicyclic amines) is 1. The Labute approximate surface area is 121 Å². The van der Waals surface area contributed by atoms with E-state index in [-0.39, 0.29) is 30.3 Å². The van der Waals surface area contributed by atoms with E-state index in [2.05, 4.69) is 5.32 Å². The van der Waals surface area contributed by atoms with Gasteiger partial charge in [-0.2, -0.15) is 0 Å². The second-order valence-corrected chi connectivity index (χ2v) is 5.12. The molecule has 5 nitrogen and oxygen atoms in total. The van der Waals surface area contributed by atoms with Crippen molar-refractivity contribution in [3.8, 4) is 0 Å². The summed E-state index contributed by atoms with van der Waals surface area (Å²) in [5, 5.41) is 3.04. The molecule has 1 atom stereocenters. The maximum Gasteiger partial charge on any atom is 0.227 e. The number of halogens is 1. The Bertz CT molecular complexity index is 311. The average Bonchev–Trinajstić information content (AvgIpc) is 2.81. The van der Waals surface area contributed by atoms with Gasteiger partial charge in [0, 0.05) is 32.6 Å². The minimum Gasteiger partial charge on any atom is -0.351 e. The van der Waals surface area contributed by atoms with Crippen molar-refractivity contribution < 1.29 is 9.59 Å². The van der Waals surface area contributed by atoms with Gasteiger partial charge < -0.3 is 16.0 Å². The van der Waals surface area contributed by atoms with Crippen LogP contribution in [0.25, 0.3) is 0 Å². The van der Waals surface area contributed by atoms with Crippen molar-refractivity contribution >= 4 is 24.2 Å². The molecule has 2 amide bonds. The van der Waals surface area contributed by atoms with Crippen LogP contribution in [0.1, 0.15) is 40.0 Å². The van der Waals surface area contributed by atoms with E-state index in [0.717, 1.165) is 25.8 Å². The predicted molar refractivity (Wildman–Crippen MR) is 78.1 cm³/mol. The first-order valence-corrected chi connectivity index (χ1v) is 6.75. The summed E-state index contributed by atoms with van der Waals surface area (Å²) < 4.78 is 0. The van der Waals surface area contributed by atoms with Gasteiger partial charge in [-0.25, -0.2) is 0 Å². The van der Waals surface area contributed by atoms with Gasteiger partial charge in [-0.15, -0.1) is 12.4 Å². The van der Waals surface area contributed by atoms with Gasteiger partial charge in [-0.05, 0) is 19.3 Å². The van der Waals surface area contributed by atoms with Gasteiger partial charge in [0.15, 0.2) is 0 Å². The van der Waals surface area contributed by atoms with Crippen LogP contribution in [0.3, 0.4) is 0 Å². The molecule has 1 fully saturated rings. The monoisotopic (exact) mass is 291 g/mol. The van der Waals surface area contributed by atoms with E-state index in [0.29, 0.717) is 13.1 Å². The Morgan fingerprint density at radius 3 is 2.32 bits per heavy atom. The molecule has 0 aromatic heterocycles. The SMILES string of the molecule is CCC(CC)(CN)C(=O)NC1CCN(C(C)=O)C1.Cl. The van der Waals surface area contributed by atoms with Crippen LogP contribution in [0.2, 0.25) is 0 Å². The molecule has 112 valence electrons. The molecule has 0 aromatic rings. The molecule has 1 aliphatic heterocycles. The first-order valence-electron chi connectivity index (χ1n) is 6.75. The van der Waals surface area contributed by atoms with Crippen LogP contribution in [0.5, 0.6) is 0 Å². The van der Waals surface area contributed by atoms with Gasteiger partial charge >= 0.3 is 0 Å². The highest BCUT2D eigenvalue weighted by Gasteiger charge is 2.36. The smallest absolute Gasteiger partial charge is 0.227 e. The molecule has 0 saturated carbocycles. The summed E-state index contributed by atoms with van der Waals surface area (Å²) >= 11 is 0. The fourth-order valence-electron chi connectivity index (χ4n) is 2.46. The molecule has 19 heavy (non-hydrogen) atoms. The van der Waals surface area contributed by atoms with E-state index in [1.54, 1.807) is 11.8 Å². The summed E-state index contributed by atoms with van der Waals surface area (Å²) in [4.78, 5) is 25.3. The lowest BCUT2D eigenvalue weighted by molar-refractivity contribution is -0.132. The Balaban J connectivity index is 0.00000324. The van der Waals surface area contributed by atoms with Gasteiger partial charge in [-0.3, -0.25) is 9.59 Å². The van der Waals surface area contributed by atoms with Crippen LogP contribution in [-0.2, 0) is 9.59 Å². The van der Waals surface area contributed by atoms with E-state index < -0.39 is 5.41 Å². The first kappa shape index (κ1) is 18.2. The minimum absolute atomic E-state index is 0. The Kier molecular flexibility index (Phi) is 7.37. The number of hydrogen-bond donors (Lipinski definition) is 2. The highest BCUT2D eigenvalue weighted by molar-refractivity contribution is 5.85. The summed E-state index contributed by atoms with van der Waals surface area (Å²) in [6.45, 7) is 7.27. The van der Waals surface area contributed by atoms with E-state index in [1.165, 1.54) is 0 Å². The summed E-state index contributed by atoms with van der Waals surface area (Å²) in [5.74, 6) is 0.105. The number of nitrogens with one attached hydrogen (secondary N) is 1. The maximum atomic E-state index is 12.3. The molecule has 1 rings (SSSR count). The highest BCUT2D eigenvalue weighted by atomic mass is 35.5. The normalized spacial score (nSPS) is 18.9. The minimum atomic E-state index is -0.455. The topological polar surface area (TPSA) is 75.4 Å². The third kappa shape index (κ3) is 4.08. The fourth-order valence-corrected chi connectivity index (χ4v) is 2.46. The zero-order valence-electron chi connectivity index (χ0n) is 12.1. The standard InChI is InChI=1S/C13H25N3O2.ClH/c1-4-13(5-2,9-14)12(18)15-11-6-7-16(8-11)10(3)17;/h11H,4-9,14H2,1-3H3,(H,15,18);1H. The molecule has 0 bridgehead atoms. The number of carbonyl (C=O) groups is 2. The first-order chi connectivity index (χ1) is 8.49. The van der Waals surface area contributed by atoms with Crippen molar-refractivity contribution in [2.75, 3.05) is 19.6 Å². The molecule has 1 saturated heterocycles. The summed E-state index contributed by atoms with van der Waals surface area (Å²) in [6.07, 6.45) is 2.32. The van der Waals surface area contributed by atoms with E-state index >= 15 is 0 Å². The number of hydrogen-bond acceptors (Lipinski definition) is 3. The predicted octanol–water partition coefficient (Wildman–Crippen LogP) is 0.910. The van der Waals surface area contributed by atoms with Crippen molar-refractivity contribution in [1.29, 1.82) is 0 Å². The number of nitrogens with two attached hydrogens (primary N) is 1. The van der Waals surface area contributed by atoms with Crippen LogP contribution in [-0.4, -0.2) is 42.4 Å². The van der Waals surface area contributed by atoms with Crippen molar-refractivity contribution in [2.24, 2.45) is 11.1 Å². The van der Waals surface area contributed by atoms with Crippen molar-refractivity contribution in [3.05, 3.63) is 0 Å². The van der Waals surface area contributed by atoms with Crippen molar-refractivity contribution in [1.82, 2.24) is 10.2 Å². The molecule has 0 aromatic carbocycles. The Morgan fingerprint density at radius 1 is 1.37 bits per heavy atom. The molecular formula is C13H26ClN3O2. The number of rotatable bonds is 5. The number of amides is 2. The molecule has 1 aliphatic rings. The van der Waals surface area contributed by atoms with E-state index in [9.17, 15) is 9.59 Å². The molecule has 1 unspecified atom stereocenters. The summed E-state index contributed by atoms with van der Waals surface area (Å²) in [7, 11) is 0. The molecule has 6 heteroatoms.